The molecule has 0 unspecified atom stereocenters. The van der Waals surface area contributed by atoms with Gasteiger partial charge in [0, 0.05) is 5.69 Å². The molecule has 0 saturated carbocycles. The van der Waals surface area contributed by atoms with Crippen LogP contribution in [0.1, 0.15) is 27.0 Å². The molecule has 0 radical (unpaired) electrons. The summed E-state index contributed by atoms with van der Waals surface area (Å²) in [5.41, 5.74) is 3.84. The van der Waals surface area contributed by atoms with Gasteiger partial charge in [-0.3, -0.25) is 9.59 Å². The van der Waals surface area contributed by atoms with E-state index in [1.165, 1.54) is 13.2 Å². The number of phenolic OH excluding ortho intramolecular Hbond substituents is 1. The lowest BCUT2D eigenvalue weighted by atomic mass is 10.1. The van der Waals surface area contributed by atoms with E-state index in [4.69, 9.17) is 4.74 Å². The molecule has 0 spiro atoms. The van der Waals surface area contributed by atoms with Crippen molar-refractivity contribution in [1.29, 1.82) is 0 Å². The predicted octanol–water partition coefficient (Wildman–Crippen LogP) is 2.69. The van der Waals surface area contributed by atoms with E-state index in [0.29, 0.717) is 0 Å². The average molecular weight is 342 g/mol. The van der Waals surface area contributed by atoms with Crippen molar-refractivity contribution in [3.8, 4) is 11.5 Å². The van der Waals surface area contributed by atoms with Gasteiger partial charge >= 0.3 is 0 Å². The molecule has 0 bridgehead atoms. The Morgan fingerprint density at radius 3 is 2.36 bits per heavy atom. The molecule has 3 N–H and O–H groups in total. The lowest BCUT2D eigenvalue weighted by Gasteiger charge is -2.13. The maximum atomic E-state index is 12.2. The molecular weight excluding hydrogens is 320 g/mol. The molecule has 0 atom stereocenters. The van der Waals surface area contributed by atoms with E-state index in [1.807, 2.05) is 32.9 Å². The number of hydrogen-bond donors (Lipinski definition) is 3. The first-order chi connectivity index (χ1) is 11.8. The van der Waals surface area contributed by atoms with E-state index < -0.39 is 5.91 Å². The van der Waals surface area contributed by atoms with Crippen molar-refractivity contribution < 1.29 is 19.4 Å². The quantitative estimate of drug-likeness (QED) is 0.779. The lowest BCUT2D eigenvalue weighted by molar-refractivity contribution is -0.115. The van der Waals surface area contributed by atoms with Gasteiger partial charge in [-0.25, -0.2) is 0 Å². The van der Waals surface area contributed by atoms with E-state index in [9.17, 15) is 14.7 Å². The van der Waals surface area contributed by atoms with E-state index in [2.05, 4.69) is 10.6 Å². The first kappa shape index (κ1) is 18.3. The highest BCUT2D eigenvalue weighted by Gasteiger charge is 2.16. The van der Waals surface area contributed by atoms with Crippen LogP contribution < -0.4 is 15.4 Å². The lowest BCUT2D eigenvalue weighted by Crippen LogP contribution is -2.33. The molecule has 0 fully saturated rings. The van der Waals surface area contributed by atoms with Crippen LogP contribution in [0.15, 0.2) is 30.3 Å². The minimum Gasteiger partial charge on any atom is -0.504 e. The van der Waals surface area contributed by atoms with Crippen LogP contribution in [0.25, 0.3) is 0 Å². The summed E-state index contributed by atoms with van der Waals surface area (Å²) in [5.74, 6) is -0.953. The Labute approximate surface area is 146 Å². The number of rotatable bonds is 5. The molecule has 0 heterocycles. The Morgan fingerprint density at radius 2 is 1.76 bits per heavy atom. The van der Waals surface area contributed by atoms with Gasteiger partial charge in [-0.15, -0.1) is 0 Å². The first-order valence-electron chi connectivity index (χ1n) is 7.85. The minimum atomic E-state index is -0.552. The Balaban J connectivity index is 2.02. The number of aromatic hydroxyl groups is 1. The third-order valence-electron chi connectivity index (χ3n) is 3.81. The second kappa shape index (κ2) is 7.70. The Morgan fingerprint density at radius 1 is 1.12 bits per heavy atom. The molecule has 0 aromatic heterocycles. The third-order valence-corrected chi connectivity index (χ3v) is 3.81. The third kappa shape index (κ3) is 4.29. The minimum absolute atomic E-state index is 0.0508. The fourth-order valence-electron chi connectivity index (χ4n) is 2.69. The summed E-state index contributed by atoms with van der Waals surface area (Å²) >= 11 is 0. The summed E-state index contributed by atoms with van der Waals surface area (Å²) in [4.78, 5) is 24.3. The second-order valence-electron chi connectivity index (χ2n) is 5.86. The smallest absolute Gasteiger partial charge is 0.255 e. The van der Waals surface area contributed by atoms with Crippen LogP contribution >= 0.6 is 0 Å². The largest absolute Gasteiger partial charge is 0.504 e. The number of phenols is 1. The molecule has 25 heavy (non-hydrogen) atoms. The predicted molar refractivity (Wildman–Crippen MR) is 96.3 cm³/mol. The number of carbonyl (C=O) groups excluding carboxylic acids is 2. The van der Waals surface area contributed by atoms with Gasteiger partial charge in [0.1, 0.15) is 0 Å². The van der Waals surface area contributed by atoms with Crippen molar-refractivity contribution >= 4 is 17.5 Å². The van der Waals surface area contributed by atoms with Crippen molar-refractivity contribution in [3.05, 3.63) is 52.6 Å². The van der Waals surface area contributed by atoms with Crippen LogP contribution in [0.3, 0.4) is 0 Å². The Kier molecular flexibility index (Phi) is 5.64. The first-order valence-corrected chi connectivity index (χ1v) is 7.85. The zero-order chi connectivity index (χ0) is 18.6. The molecule has 2 amide bonds. The molecule has 6 heteroatoms. The van der Waals surface area contributed by atoms with Crippen LogP contribution in [0.4, 0.5) is 5.69 Å². The van der Waals surface area contributed by atoms with Crippen LogP contribution in [0, 0.1) is 20.8 Å². The molecule has 2 aromatic rings. The topological polar surface area (TPSA) is 87.7 Å². The summed E-state index contributed by atoms with van der Waals surface area (Å²) in [6.45, 7) is 5.62. The summed E-state index contributed by atoms with van der Waals surface area (Å²) in [6.07, 6.45) is 0. The van der Waals surface area contributed by atoms with E-state index in [0.717, 1.165) is 22.4 Å². The monoisotopic (exact) mass is 342 g/mol. The zero-order valence-electron chi connectivity index (χ0n) is 14.8. The van der Waals surface area contributed by atoms with Gasteiger partial charge in [0.25, 0.3) is 5.91 Å². The maximum Gasteiger partial charge on any atom is 0.255 e. The van der Waals surface area contributed by atoms with Crippen LogP contribution in [-0.4, -0.2) is 30.6 Å². The number of aryl methyl sites for hydroxylation is 3. The van der Waals surface area contributed by atoms with Crippen molar-refractivity contribution in [2.45, 2.75) is 20.8 Å². The summed E-state index contributed by atoms with van der Waals surface area (Å²) < 4.78 is 4.97. The summed E-state index contributed by atoms with van der Waals surface area (Å²) in [5, 5.41) is 15.3. The SMILES string of the molecule is COc1cccc(C(=O)NCC(=O)Nc2c(C)cc(C)cc2C)c1O. The molecule has 0 aliphatic heterocycles. The number of carbonyl (C=O) groups is 2. The average Bonchev–Trinajstić information content (AvgIpc) is 2.56. The highest BCUT2D eigenvalue weighted by atomic mass is 16.5. The number of anilines is 1. The zero-order valence-corrected chi connectivity index (χ0v) is 14.8. The summed E-state index contributed by atoms with van der Waals surface area (Å²) in [7, 11) is 1.40. The van der Waals surface area contributed by atoms with Crippen molar-refractivity contribution in [2.24, 2.45) is 0 Å². The van der Waals surface area contributed by atoms with Gasteiger partial charge in [0.2, 0.25) is 5.91 Å². The number of para-hydroxylation sites is 1. The van der Waals surface area contributed by atoms with Gasteiger partial charge in [-0.2, -0.15) is 0 Å². The van der Waals surface area contributed by atoms with E-state index >= 15 is 0 Å². The number of methoxy groups -OCH3 is 1. The van der Waals surface area contributed by atoms with Crippen molar-refractivity contribution in [3.63, 3.8) is 0 Å². The normalized spacial score (nSPS) is 10.2. The van der Waals surface area contributed by atoms with Crippen LogP contribution in [0.5, 0.6) is 11.5 Å². The van der Waals surface area contributed by atoms with Crippen LogP contribution in [0.2, 0.25) is 0 Å². The number of amides is 2. The second-order valence-corrected chi connectivity index (χ2v) is 5.86. The summed E-state index contributed by atoms with van der Waals surface area (Å²) in [6, 6.07) is 8.55. The fraction of sp³-hybridized carbons (Fsp3) is 0.263. The van der Waals surface area contributed by atoms with Crippen LogP contribution in [-0.2, 0) is 4.79 Å². The Bertz CT molecular complexity index is 792. The highest BCUT2D eigenvalue weighted by molar-refractivity contribution is 6.01. The number of benzene rings is 2. The fourth-order valence-corrected chi connectivity index (χ4v) is 2.69. The number of nitrogens with one attached hydrogen (secondary N) is 2. The highest BCUT2D eigenvalue weighted by Crippen LogP contribution is 2.29. The molecule has 2 aromatic carbocycles. The molecule has 0 aliphatic rings. The van der Waals surface area contributed by atoms with Gasteiger partial charge in [0.05, 0.1) is 19.2 Å². The van der Waals surface area contributed by atoms with E-state index in [1.54, 1.807) is 12.1 Å². The number of ether oxygens (including phenoxy) is 1. The molecule has 132 valence electrons. The van der Waals surface area contributed by atoms with Crippen molar-refractivity contribution in [2.75, 3.05) is 19.0 Å². The van der Waals surface area contributed by atoms with Gasteiger partial charge in [0.15, 0.2) is 11.5 Å². The van der Waals surface area contributed by atoms with Gasteiger partial charge in [-0.05, 0) is 44.0 Å². The van der Waals surface area contributed by atoms with Crippen molar-refractivity contribution in [1.82, 2.24) is 5.32 Å². The number of hydrogen-bond acceptors (Lipinski definition) is 4. The molecule has 2 rings (SSSR count). The maximum absolute atomic E-state index is 12.2. The molecule has 6 nitrogen and oxygen atoms in total. The molecular formula is C19H22N2O4. The van der Waals surface area contributed by atoms with E-state index in [-0.39, 0.29) is 29.5 Å². The molecule has 0 saturated heterocycles. The van der Waals surface area contributed by atoms with Gasteiger partial charge < -0.3 is 20.5 Å². The van der Waals surface area contributed by atoms with Gasteiger partial charge in [-0.1, -0.05) is 23.8 Å². The Hall–Kier alpha value is -3.02. The standard InChI is InChI=1S/C19H22N2O4/c1-11-8-12(2)17(13(3)9-11)21-16(22)10-20-19(24)14-6-5-7-15(25-4)18(14)23/h5-9,23H,10H2,1-4H3,(H,20,24)(H,21,22). The molecule has 0 aliphatic carbocycles.